The van der Waals surface area contributed by atoms with E-state index in [-0.39, 0.29) is 16.3 Å². The Kier molecular flexibility index (Phi) is 4.05. The van der Waals surface area contributed by atoms with Gasteiger partial charge in [0.2, 0.25) is 0 Å². The normalized spacial score (nSPS) is 11.5. The zero-order valence-corrected chi connectivity index (χ0v) is 12.1. The van der Waals surface area contributed by atoms with Crippen LogP contribution in [-0.4, -0.2) is 35.7 Å². The number of sulfone groups is 1. The van der Waals surface area contributed by atoms with Crippen molar-refractivity contribution in [1.82, 2.24) is 9.55 Å². The molecule has 2 rings (SSSR count). The van der Waals surface area contributed by atoms with Crippen LogP contribution in [0.15, 0.2) is 35.5 Å². The average molecular weight is 310 g/mol. The predicted molar refractivity (Wildman–Crippen MR) is 76.1 cm³/mol. The molecule has 1 aromatic carbocycles. The van der Waals surface area contributed by atoms with E-state index in [9.17, 15) is 18.5 Å². The second-order valence-corrected chi connectivity index (χ2v) is 6.45. The zero-order chi connectivity index (χ0) is 15.6. The molecule has 0 amide bonds. The van der Waals surface area contributed by atoms with Crippen LogP contribution in [0.25, 0.3) is 5.69 Å². The highest BCUT2D eigenvalue weighted by molar-refractivity contribution is 7.90. The summed E-state index contributed by atoms with van der Waals surface area (Å²) in [6, 6.07) is 3.79. The maximum absolute atomic E-state index is 11.5. The third kappa shape index (κ3) is 3.09. The van der Waals surface area contributed by atoms with Crippen LogP contribution in [0, 0.1) is 10.1 Å². The Hall–Kier alpha value is -2.26. The lowest BCUT2D eigenvalue weighted by Gasteiger charge is -2.09. The van der Waals surface area contributed by atoms with Gasteiger partial charge in [0.1, 0.15) is 11.5 Å². The van der Waals surface area contributed by atoms with E-state index in [4.69, 9.17) is 5.73 Å². The Morgan fingerprint density at radius 1 is 1.43 bits per heavy atom. The largest absolute Gasteiger partial charge is 0.330 e. The van der Waals surface area contributed by atoms with Gasteiger partial charge in [0.05, 0.1) is 9.82 Å². The summed E-state index contributed by atoms with van der Waals surface area (Å²) in [5.41, 5.74) is 5.44. The summed E-state index contributed by atoms with van der Waals surface area (Å²) in [7, 11) is -3.51. The molecule has 1 heterocycles. The second kappa shape index (κ2) is 5.62. The summed E-state index contributed by atoms with van der Waals surface area (Å²) in [5, 5.41) is 11.2. The van der Waals surface area contributed by atoms with Crippen molar-refractivity contribution in [2.24, 2.45) is 5.73 Å². The van der Waals surface area contributed by atoms with Crippen LogP contribution in [-0.2, 0) is 16.3 Å². The number of rotatable bonds is 5. The van der Waals surface area contributed by atoms with Gasteiger partial charge in [0.25, 0.3) is 5.69 Å². The molecule has 0 unspecified atom stereocenters. The summed E-state index contributed by atoms with van der Waals surface area (Å²) in [5.74, 6) is 0.577. The molecule has 0 atom stereocenters. The van der Waals surface area contributed by atoms with E-state index in [0.29, 0.717) is 18.8 Å². The Morgan fingerprint density at radius 3 is 2.71 bits per heavy atom. The molecule has 9 heteroatoms. The maximum Gasteiger partial charge on any atom is 0.294 e. The Bertz CT molecular complexity index is 782. The Labute approximate surface area is 121 Å². The number of benzene rings is 1. The fourth-order valence-electron chi connectivity index (χ4n) is 1.95. The number of imidazole rings is 1. The zero-order valence-electron chi connectivity index (χ0n) is 11.3. The third-order valence-corrected chi connectivity index (χ3v) is 4.03. The molecular weight excluding hydrogens is 296 g/mol. The topological polar surface area (TPSA) is 121 Å². The SMILES string of the molecule is CS(=O)(=O)c1ccc(-n2ccnc2CCN)c([N+](=O)[O-])c1. The molecular formula is C12H14N4O4S. The minimum atomic E-state index is -3.51. The summed E-state index contributed by atoms with van der Waals surface area (Å²) >= 11 is 0. The highest BCUT2D eigenvalue weighted by atomic mass is 32.2. The van der Waals surface area contributed by atoms with E-state index in [1.807, 2.05) is 0 Å². The maximum atomic E-state index is 11.5. The van der Waals surface area contributed by atoms with Crippen molar-refractivity contribution in [3.63, 3.8) is 0 Å². The number of aromatic nitrogens is 2. The summed E-state index contributed by atoms with van der Waals surface area (Å²) in [6.07, 6.45) is 4.55. The van der Waals surface area contributed by atoms with Gasteiger partial charge >= 0.3 is 0 Å². The van der Waals surface area contributed by atoms with Crippen molar-refractivity contribution in [2.75, 3.05) is 12.8 Å². The van der Waals surface area contributed by atoms with Crippen LogP contribution in [0.5, 0.6) is 0 Å². The van der Waals surface area contributed by atoms with Crippen molar-refractivity contribution in [2.45, 2.75) is 11.3 Å². The first-order chi connectivity index (χ1) is 9.84. The van der Waals surface area contributed by atoms with Gasteiger partial charge in [-0.05, 0) is 18.7 Å². The first-order valence-electron chi connectivity index (χ1n) is 6.05. The second-order valence-electron chi connectivity index (χ2n) is 4.43. The van der Waals surface area contributed by atoms with Crippen molar-refractivity contribution >= 4 is 15.5 Å². The fraction of sp³-hybridized carbons (Fsp3) is 0.250. The average Bonchev–Trinajstić information content (AvgIpc) is 2.85. The molecule has 0 saturated heterocycles. The summed E-state index contributed by atoms with van der Waals surface area (Å²) in [4.78, 5) is 14.6. The van der Waals surface area contributed by atoms with Crippen molar-refractivity contribution < 1.29 is 13.3 Å². The molecule has 8 nitrogen and oxygen atoms in total. The van der Waals surface area contributed by atoms with Gasteiger partial charge in [0.15, 0.2) is 9.84 Å². The standard InChI is InChI=1S/C12H14N4O4S/c1-21(19,20)9-2-3-10(11(8-9)16(17)18)15-7-6-14-12(15)4-5-13/h2-3,6-8H,4-5,13H2,1H3. The quantitative estimate of drug-likeness (QED) is 0.640. The number of hydrogen-bond acceptors (Lipinski definition) is 6. The molecule has 2 aromatic rings. The Morgan fingerprint density at radius 2 is 2.14 bits per heavy atom. The Balaban J connectivity index is 2.64. The minimum Gasteiger partial charge on any atom is -0.330 e. The van der Waals surface area contributed by atoms with Gasteiger partial charge in [0, 0.05) is 31.1 Å². The van der Waals surface area contributed by atoms with Gasteiger partial charge in [-0.3, -0.25) is 14.7 Å². The third-order valence-electron chi connectivity index (χ3n) is 2.92. The number of nitrogens with two attached hydrogens (primary N) is 1. The molecule has 21 heavy (non-hydrogen) atoms. The minimum absolute atomic E-state index is 0.0987. The molecule has 0 spiro atoms. The van der Waals surface area contributed by atoms with Crippen LogP contribution in [0.1, 0.15) is 5.82 Å². The molecule has 1 aromatic heterocycles. The van der Waals surface area contributed by atoms with Crippen LogP contribution in [0.2, 0.25) is 0 Å². The lowest BCUT2D eigenvalue weighted by molar-refractivity contribution is -0.384. The first kappa shape index (κ1) is 15.1. The molecule has 0 aliphatic heterocycles. The molecule has 0 aliphatic carbocycles. The van der Waals surface area contributed by atoms with Crippen LogP contribution >= 0.6 is 0 Å². The summed E-state index contributed by atoms with van der Waals surface area (Å²) in [6.45, 7) is 0.353. The van der Waals surface area contributed by atoms with Crippen molar-refractivity contribution in [3.05, 3.63) is 46.5 Å². The van der Waals surface area contributed by atoms with E-state index >= 15 is 0 Å². The van der Waals surface area contributed by atoms with Crippen molar-refractivity contribution in [1.29, 1.82) is 0 Å². The predicted octanol–water partition coefficient (Wildman–Crippen LogP) is 0.685. The smallest absolute Gasteiger partial charge is 0.294 e. The number of nitrogens with zero attached hydrogens (tertiary/aromatic N) is 3. The van der Waals surface area contributed by atoms with Gasteiger partial charge in [-0.25, -0.2) is 13.4 Å². The first-order valence-corrected chi connectivity index (χ1v) is 7.95. The molecule has 0 aliphatic rings. The van der Waals surface area contributed by atoms with E-state index < -0.39 is 14.8 Å². The number of hydrogen-bond donors (Lipinski definition) is 1. The molecule has 0 bridgehead atoms. The van der Waals surface area contributed by atoms with Crippen LogP contribution in [0.3, 0.4) is 0 Å². The van der Waals surface area contributed by atoms with Crippen LogP contribution in [0.4, 0.5) is 5.69 Å². The summed E-state index contributed by atoms with van der Waals surface area (Å²) < 4.78 is 24.6. The van der Waals surface area contributed by atoms with E-state index in [1.54, 1.807) is 6.20 Å². The van der Waals surface area contributed by atoms with E-state index in [0.717, 1.165) is 12.3 Å². The highest BCUT2D eigenvalue weighted by Gasteiger charge is 2.21. The van der Waals surface area contributed by atoms with Gasteiger partial charge < -0.3 is 5.73 Å². The number of nitro benzene ring substituents is 1. The molecule has 112 valence electrons. The van der Waals surface area contributed by atoms with E-state index in [2.05, 4.69) is 4.98 Å². The van der Waals surface area contributed by atoms with Gasteiger partial charge in [-0.2, -0.15) is 0 Å². The molecule has 0 fully saturated rings. The number of nitro groups is 1. The van der Waals surface area contributed by atoms with E-state index in [1.165, 1.54) is 22.9 Å². The highest BCUT2D eigenvalue weighted by Crippen LogP contribution is 2.27. The van der Waals surface area contributed by atoms with Crippen LogP contribution < -0.4 is 5.73 Å². The fourth-order valence-corrected chi connectivity index (χ4v) is 2.59. The molecule has 0 saturated carbocycles. The van der Waals surface area contributed by atoms with Gasteiger partial charge in [-0.15, -0.1) is 0 Å². The lowest BCUT2D eigenvalue weighted by Crippen LogP contribution is -2.10. The molecule has 2 N–H and O–H groups in total. The van der Waals surface area contributed by atoms with Crippen molar-refractivity contribution in [3.8, 4) is 5.69 Å². The lowest BCUT2D eigenvalue weighted by atomic mass is 10.2. The monoisotopic (exact) mass is 310 g/mol. The molecule has 0 radical (unpaired) electrons. The van der Waals surface area contributed by atoms with Gasteiger partial charge in [-0.1, -0.05) is 0 Å².